The van der Waals surface area contributed by atoms with E-state index in [-0.39, 0.29) is 27.8 Å². The molecule has 0 atom stereocenters. The van der Waals surface area contributed by atoms with E-state index in [1.54, 1.807) is 12.1 Å². The van der Waals surface area contributed by atoms with Crippen LogP contribution in [0.15, 0.2) is 68.4 Å². The number of furan rings is 1. The number of carboxylic acid groups (broad SMARTS) is 1. The lowest BCUT2D eigenvalue weighted by Gasteiger charge is -2.12. The molecule has 0 saturated heterocycles. The fourth-order valence-corrected chi connectivity index (χ4v) is 3.80. The van der Waals surface area contributed by atoms with Gasteiger partial charge >= 0.3 is 5.97 Å². The number of carboxylic acids is 1. The second-order valence-electron chi connectivity index (χ2n) is 5.52. The molecule has 0 aliphatic heterocycles. The predicted octanol–water partition coefficient (Wildman–Crippen LogP) is 4.12. The molecule has 0 aliphatic rings. The van der Waals surface area contributed by atoms with Gasteiger partial charge in [-0.3, -0.25) is 14.8 Å². The third-order valence-electron chi connectivity index (χ3n) is 3.67. The minimum absolute atomic E-state index is 0.138. The average Bonchev–Trinajstić information content (AvgIpc) is 3.12. The number of nitro benzene ring substituents is 1. The van der Waals surface area contributed by atoms with E-state index < -0.39 is 20.9 Å². The van der Waals surface area contributed by atoms with Gasteiger partial charge in [-0.25, -0.2) is 13.2 Å². The molecule has 2 N–H and O–H groups in total. The van der Waals surface area contributed by atoms with Gasteiger partial charge in [-0.1, -0.05) is 15.9 Å². The second kappa shape index (κ2) is 7.44. The van der Waals surface area contributed by atoms with Crippen molar-refractivity contribution >= 4 is 43.3 Å². The summed E-state index contributed by atoms with van der Waals surface area (Å²) in [5, 5.41) is 19.7. The van der Waals surface area contributed by atoms with E-state index in [1.165, 1.54) is 18.2 Å². The molecule has 0 saturated carbocycles. The van der Waals surface area contributed by atoms with Crippen molar-refractivity contribution in [3.63, 3.8) is 0 Å². The number of nitrogens with zero attached hydrogens (tertiary/aromatic N) is 1. The summed E-state index contributed by atoms with van der Waals surface area (Å²) in [6.07, 6.45) is 0. The first kappa shape index (κ1) is 19.6. The molecule has 0 aliphatic carbocycles. The van der Waals surface area contributed by atoms with E-state index >= 15 is 0 Å². The number of rotatable bonds is 6. The third-order valence-corrected chi connectivity index (χ3v) is 5.54. The standard InChI is InChI=1S/C17H11BrN2O7S/c18-10-1-6-13(15-7-8-16(27-15)17(21)22)14(9-10)19-28(25,26)12-4-2-11(3-5-12)20(23)24/h1-9,19H,(H,21,22). The molecule has 3 rings (SSSR count). The summed E-state index contributed by atoms with van der Waals surface area (Å²) < 4.78 is 33.6. The van der Waals surface area contributed by atoms with Gasteiger partial charge in [-0.15, -0.1) is 0 Å². The Morgan fingerprint density at radius 1 is 1.11 bits per heavy atom. The zero-order chi connectivity index (χ0) is 20.5. The Balaban J connectivity index is 1.99. The summed E-state index contributed by atoms with van der Waals surface area (Å²) in [7, 11) is -4.06. The normalized spacial score (nSPS) is 11.2. The number of hydrogen-bond donors (Lipinski definition) is 2. The topological polar surface area (TPSA) is 140 Å². The SMILES string of the molecule is O=C(O)c1ccc(-c2ccc(Br)cc2NS(=O)(=O)c2ccc([N+](=O)[O-])cc2)o1. The van der Waals surface area contributed by atoms with Crippen molar-refractivity contribution in [1.82, 2.24) is 0 Å². The van der Waals surface area contributed by atoms with Crippen LogP contribution in [0.4, 0.5) is 11.4 Å². The van der Waals surface area contributed by atoms with Gasteiger partial charge in [0.25, 0.3) is 15.7 Å². The monoisotopic (exact) mass is 466 g/mol. The maximum Gasteiger partial charge on any atom is 0.371 e. The number of aromatic carboxylic acids is 1. The van der Waals surface area contributed by atoms with Crippen molar-refractivity contribution in [2.75, 3.05) is 4.72 Å². The number of carbonyl (C=O) groups is 1. The quantitative estimate of drug-likeness (QED) is 0.411. The van der Waals surface area contributed by atoms with Crippen molar-refractivity contribution in [1.29, 1.82) is 0 Å². The van der Waals surface area contributed by atoms with Crippen molar-refractivity contribution in [3.05, 3.63) is 74.9 Å². The van der Waals surface area contributed by atoms with Crippen LogP contribution >= 0.6 is 15.9 Å². The number of halogens is 1. The molecule has 1 aromatic heterocycles. The Morgan fingerprint density at radius 2 is 1.79 bits per heavy atom. The number of hydrogen-bond acceptors (Lipinski definition) is 6. The van der Waals surface area contributed by atoms with Gasteiger partial charge in [-0.2, -0.15) is 0 Å². The van der Waals surface area contributed by atoms with Gasteiger partial charge in [0, 0.05) is 22.2 Å². The summed E-state index contributed by atoms with van der Waals surface area (Å²) in [5.74, 6) is -1.38. The van der Waals surface area contributed by atoms with E-state index in [1.807, 2.05) is 0 Å². The molecule has 0 radical (unpaired) electrons. The highest BCUT2D eigenvalue weighted by Gasteiger charge is 2.20. The summed E-state index contributed by atoms with van der Waals surface area (Å²) in [6.45, 7) is 0. The second-order valence-corrected chi connectivity index (χ2v) is 8.11. The molecule has 11 heteroatoms. The van der Waals surface area contributed by atoms with Crippen LogP contribution in [0.2, 0.25) is 0 Å². The average molecular weight is 467 g/mol. The summed E-state index contributed by atoms with van der Waals surface area (Å²) in [5.41, 5.74) is 0.221. The predicted molar refractivity (Wildman–Crippen MR) is 103 cm³/mol. The van der Waals surface area contributed by atoms with Crippen LogP contribution < -0.4 is 4.72 Å². The Kier molecular flexibility index (Phi) is 5.21. The Morgan fingerprint density at radius 3 is 2.36 bits per heavy atom. The zero-order valence-corrected chi connectivity index (χ0v) is 16.2. The molecule has 28 heavy (non-hydrogen) atoms. The van der Waals surface area contributed by atoms with Gasteiger partial charge in [0.2, 0.25) is 5.76 Å². The van der Waals surface area contributed by atoms with Crippen LogP contribution in [0, 0.1) is 10.1 Å². The Bertz CT molecular complexity index is 1170. The van der Waals surface area contributed by atoms with E-state index in [0.717, 1.165) is 24.3 Å². The van der Waals surface area contributed by atoms with Gasteiger partial charge in [0.15, 0.2) is 0 Å². The first-order valence-electron chi connectivity index (χ1n) is 7.58. The first-order valence-corrected chi connectivity index (χ1v) is 9.85. The molecule has 2 aromatic carbocycles. The van der Waals surface area contributed by atoms with Gasteiger partial charge in [0.05, 0.1) is 15.5 Å². The van der Waals surface area contributed by atoms with Crippen molar-refractivity contribution in [3.8, 4) is 11.3 Å². The number of benzene rings is 2. The summed E-state index contributed by atoms with van der Waals surface area (Å²) in [6, 6.07) is 11.8. The van der Waals surface area contributed by atoms with Crippen LogP contribution in [0.5, 0.6) is 0 Å². The molecule has 0 amide bonds. The van der Waals surface area contributed by atoms with Crippen molar-refractivity contribution < 1.29 is 27.7 Å². The number of nitrogens with one attached hydrogen (secondary N) is 1. The maximum atomic E-state index is 12.7. The van der Waals surface area contributed by atoms with E-state index in [2.05, 4.69) is 20.7 Å². The number of sulfonamides is 1. The molecule has 9 nitrogen and oxygen atoms in total. The summed E-state index contributed by atoms with van der Waals surface area (Å²) >= 11 is 3.25. The number of non-ortho nitro benzene ring substituents is 1. The van der Waals surface area contributed by atoms with Gasteiger partial charge in [-0.05, 0) is 42.5 Å². The first-order chi connectivity index (χ1) is 13.2. The molecule has 0 fully saturated rings. The van der Waals surface area contributed by atoms with Crippen molar-refractivity contribution in [2.45, 2.75) is 4.90 Å². The Labute approximate surface area is 166 Å². The van der Waals surface area contributed by atoms with E-state index in [9.17, 15) is 23.3 Å². The maximum absolute atomic E-state index is 12.7. The van der Waals surface area contributed by atoms with Crippen LogP contribution in [0.25, 0.3) is 11.3 Å². The highest BCUT2D eigenvalue weighted by atomic mass is 79.9. The largest absolute Gasteiger partial charge is 0.475 e. The highest BCUT2D eigenvalue weighted by molar-refractivity contribution is 9.10. The van der Waals surface area contributed by atoms with Gasteiger partial charge in [0.1, 0.15) is 5.76 Å². The van der Waals surface area contributed by atoms with Crippen molar-refractivity contribution in [2.24, 2.45) is 0 Å². The highest BCUT2D eigenvalue weighted by Crippen LogP contribution is 2.33. The van der Waals surface area contributed by atoms with E-state index in [4.69, 9.17) is 9.52 Å². The number of anilines is 1. The third kappa shape index (κ3) is 4.05. The fraction of sp³-hybridized carbons (Fsp3) is 0. The van der Waals surface area contributed by atoms with Crippen LogP contribution in [0.3, 0.4) is 0 Å². The smallest absolute Gasteiger partial charge is 0.371 e. The minimum Gasteiger partial charge on any atom is -0.475 e. The van der Waals surface area contributed by atoms with Gasteiger partial charge < -0.3 is 9.52 Å². The fourth-order valence-electron chi connectivity index (χ4n) is 2.36. The van der Waals surface area contributed by atoms with E-state index in [0.29, 0.717) is 10.0 Å². The van der Waals surface area contributed by atoms with Crippen LogP contribution in [-0.2, 0) is 10.0 Å². The molecular weight excluding hydrogens is 456 g/mol. The zero-order valence-electron chi connectivity index (χ0n) is 13.8. The molecule has 0 unspecified atom stereocenters. The molecule has 1 heterocycles. The lowest BCUT2D eigenvalue weighted by molar-refractivity contribution is -0.384. The molecule has 0 bridgehead atoms. The molecule has 144 valence electrons. The lowest BCUT2D eigenvalue weighted by atomic mass is 10.1. The molecular formula is C17H11BrN2O7S. The Hall–Kier alpha value is -3.18. The minimum atomic E-state index is -4.06. The number of nitro groups is 1. The van der Waals surface area contributed by atoms with Crippen LogP contribution in [0.1, 0.15) is 10.6 Å². The summed E-state index contributed by atoms with van der Waals surface area (Å²) in [4.78, 5) is 20.9. The van der Waals surface area contributed by atoms with Crippen LogP contribution in [-0.4, -0.2) is 24.4 Å². The molecule has 0 spiro atoms. The molecule has 3 aromatic rings. The lowest BCUT2D eigenvalue weighted by Crippen LogP contribution is -2.13.